The van der Waals surface area contributed by atoms with Crippen molar-refractivity contribution < 1.29 is 4.79 Å². The predicted molar refractivity (Wildman–Crippen MR) is 95.3 cm³/mol. The van der Waals surface area contributed by atoms with Gasteiger partial charge < -0.3 is 14.7 Å². The summed E-state index contributed by atoms with van der Waals surface area (Å²) >= 11 is 0. The molecule has 2 fully saturated rings. The molecule has 0 aliphatic carbocycles. The number of likely N-dealkylation sites (tertiary alicyclic amines) is 1. The van der Waals surface area contributed by atoms with E-state index in [0.29, 0.717) is 5.54 Å². The number of likely N-dealkylation sites (N-methyl/N-ethyl adjacent to an activating group) is 2. The molecule has 1 spiro atoms. The average molecular weight is 315 g/mol. The van der Waals surface area contributed by atoms with Crippen LogP contribution in [-0.4, -0.2) is 99.0 Å². The summed E-state index contributed by atoms with van der Waals surface area (Å²) < 4.78 is 0. The van der Waals surface area contributed by atoms with Crippen LogP contribution >= 0.6 is 0 Å². The van der Waals surface area contributed by atoms with Gasteiger partial charge in [-0.05, 0) is 47.6 Å². The van der Waals surface area contributed by atoms with Crippen LogP contribution in [0.15, 0.2) is 0 Å². The lowest BCUT2D eigenvalue weighted by Crippen LogP contribution is -2.64. The monoisotopic (exact) mass is 314 g/mol. The van der Waals surface area contributed by atoms with Crippen molar-refractivity contribution >= 4 is 6.41 Å². The average Bonchev–Trinajstić information content (AvgIpc) is 2.50. The van der Waals surface area contributed by atoms with E-state index in [1.54, 1.807) is 0 Å². The van der Waals surface area contributed by atoms with E-state index in [0.717, 1.165) is 45.4 Å². The van der Waals surface area contributed by atoms with E-state index in [1.165, 1.54) is 13.1 Å². The highest BCUT2D eigenvalue weighted by Crippen LogP contribution is 2.31. The Labute approximate surface area is 138 Å². The molecular weight excluding hydrogens is 276 g/mol. The first kappa shape index (κ1) is 21.4. The molecule has 2 heterocycles. The highest BCUT2D eigenvalue weighted by atomic mass is 16.1. The maximum absolute atomic E-state index is 10.7. The smallest absolute Gasteiger partial charge is 0.209 e. The van der Waals surface area contributed by atoms with E-state index in [-0.39, 0.29) is 0 Å². The van der Waals surface area contributed by atoms with Gasteiger partial charge in [-0.1, -0.05) is 20.8 Å². The minimum absolute atomic E-state index is 0.335. The summed E-state index contributed by atoms with van der Waals surface area (Å²) in [4.78, 5) is 19.7. The van der Waals surface area contributed by atoms with Crippen LogP contribution in [0.4, 0.5) is 0 Å². The molecule has 5 heteroatoms. The van der Waals surface area contributed by atoms with Gasteiger partial charge in [-0.3, -0.25) is 9.69 Å². The Balaban J connectivity index is 0.000000640. The lowest BCUT2D eigenvalue weighted by atomic mass is 9.83. The van der Waals surface area contributed by atoms with Gasteiger partial charge in [-0.15, -0.1) is 0 Å². The Kier molecular flexibility index (Phi) is 10.6. The second kappa shape index (κ2) is 11.0. The molecule has 0 unspecified atom stereocenters. The molecule has 1 amide bonds. The summed E-state index contributed by atoms with van der Waals surface area (Å²) in [6.07, 6.45) is 3.25. The summed E-state index contributed by atoms with van der Waals surface area (Å²) in [6.45, 7) is 12.7. The standard InChI is InChI=1S/C12H23N3O.C3H9N.C2H6/c1-3-15-9-8-13(2)10-12(15)4-6-14(11-16)7-5-12;1-4(2)3;1-2/h11H,3-10H2,1-2H3;1-3H3;1-2H3. The molecule has 0 aromatic carbocycles. The van der Waals surface area contributed by atoms with Crippen molar-refractivity contribution in [1.29, 1.82) is 0 Å². The third-order valence-corrected chi connectivity index (χ3v) is 4.25. The van der Waals surface area contributed by atoms with Gasteiger partial charge in [0.25, 0.3) is 0 Å². The molecule has 22 heavy (non-hydrogen) atoms. The molecule has 0 aromatic heterocycles. The number of rotatable bonds is 2. The second-order valence-corrected chi connectivity index (χ2v) is 6.52. The molecule has 0 aromatic rings. The number of nitrogens with zero attached hydrogens (tertiary/aromatic N) is 4. The highest BCUT2D eigenvalue weighted by Gasteiger charge is 2.41. The zero-order valence-corrected chi connectivity index (χ0v) is 15.9. The number of piperidine rings is 1. The van der Waals surface area contributed by atoms with E-state index in [2.05, 4.69) is 23.8 Å². The molecule has 0 saturated carbocycles. The van der Waals surface area contributed by atoms with Crippen LogP contribution < -0.4 is 0 Å². The number of hydrogen-bond acceptors (Lipinski definition) is 4. The summed E-state index contributed by atoms with van der Waals surface area (Å²) in [7, 11) is 8.21. The van der Waals surface area contributed by atoms with Crippen molar-refractivity contribution in [1.82, 2.24) is 19.6 Å². The Bertz CT molecular complexity index is 286. The predicted octanol–water partition coefficient (Wildman–Crippen LogP) is 1.45. The zero-order valence-electron chi connectivity index (χ0n) is 15.9. The minimum Gasteiger partial charge on any atom is -0.345 e. The third kappa shape index (κ3) is 6.63. The molecule has 2 rings (SSSR count). The van der Waals surface area contributed by atoms with Gasteiger partial charge in [0, 0.05) is 38.3 Å². The van der Waals surface area contributed by atoms with Crippen molar-refractivity contribution in [3.63, 3.8) is 0 Å². The summed E-state index contributed by atoms with van der Waals surface area (Å²) in [5, 5.41) is 0. The molecule has 132 valence electrons. The van der Waals surface area contributed by atoms with Gasteiger partial charge in [0.2, 0.25) is 6.41 Å². The molecule has 2 aliphatic rings. The molecule has 2 saturated heterocycles. The Hall–Kier alpha value is -0.650. The van der Waals surface area contributed by atoms with Crippen LogP contribution in [0.25, 0.3) is 0 Å². The van der Waals surface area contributed by atoms with Crippen molar-refractivity contribution in [3.8, 4) is 0 Å². The van der Waals surface area contributed by atoms with Gasteiger partial charge >= 0.3 is 0 Å². The second-order valence-electron chi connectivity index (χ2n) is 6.52. The van der Waals surface area contributed by atoms with Gasteiger partial charge in [0.1, 0.15) is 0 Å². The Morgan fingerprint density at radius 3 is 1.95 bits per heavy atom. The zero-order chi connectivity index (χ0) is 17.2. The van der Waals surface area contributed by atoms with E-state index < -0.39 is 0 Å². The Morgan fingerprint density at radius 1 is 1.05 bits per heavy atom. The molecule has 0 N–H and O–H groups in total. The van der Waals surface area contributed by atoms with Crippen LogP contribution in [0, 0.1) is 0 Å². The largest absolute Gasteiger partial charge is 0.345 e. The molecule has 5 nitrogen and oxygen atoms in total. The van der Waals surface area contributed by atoms with Crippen molar-refractivity contribution in [2.75, 3.05) is 67.5 Å². The maximum atomic E-state index is 10.7. The molecule has 2 aliphatic heterocycles. The van der Waals surface area contributed by atoms with Gasteiger partial charge in [-0.2, -0.15) is 0 Å². The number of carbonyl (C=O) groups is 1. The highest BCUT2D eigenvalue weighted by molar-refractivity contribution is 5.47. The normalized spacial score (nSPS) is 21.7. The third-order valence-electron chi connectivity index (χ3n) is 4.25. The fourth-order valence-electron chi connectivity index (χ4n) is 3.22. The van der Waals surface area contributed by atoms with Crippen LogP contribution in [-0.2, 0) is 4.79 Å². The summed E-state index contributed by atoms with van der Waals surface area (Å²) in [5.74, 6) is 0. The quantitative estimate of drug-likeness (QED) is 0.722. The molecular formula is C17H38N4O. The lowest BCUT2D eigenvalue weighted by molar-refractivity contribution is -0.121. The van der Waals surface area contributed by atoms with Gasteiger partial charge in [0.15, 0.2) is 0 Å². The number of hydrogen-bond donors (Lipinski definition) is 0. The fraction of sp³-hybridized carbons (Fsp3) is 0.941. The topological polar surface area (TPSA) is 30.0 Å². The minimum atomic E-state index is 0.335. The Morgan fingerprint density at radius 2 is 1.55 bits per heavy atom. The summed E-state index contributed by atoms with van der Waals surface area (Å²) in [6, 6.07) is 0. The first-order valence-electron chi connectivity index (χ1n) is 8.67. The SMILES string of the molecule is CC.CCN1CCN(C)CC12CCN(C=O)CC2.CN(C)C. The van der Waals surface area contributed by atoms with Crippen molar-refractivity contribution in [2.24, 2.45) is 0 Å². The van der Waals surface area contributed by atoms with Crippen LogP contribution in [0.1, 0.15) is 33.6 Å². The van der Waals surface area contributed by atoms with Crippen LogP contribution in [0.3, 0.4) is 0 Å². The van der Waals surface area contributed by atoms with Gasteiger partial charge in [0.05, 0.1) is 0 Å². The summed E-state index contributed by atoms with van der Waals surface area (Å²) in [5.41, 5.74) is 0.335. The van der Waals surface area contributed by atoms with E-state index in [4.69, 9.17) is 0 Å². The first-order valence-corrected chi connectivity index (χ1v) is 8.67. The van der Waals surface area contributed by atoms with Crippen molar-refractivity contribution in [2.45, 2.75) is 39.2 Å². The van der Waals surface area contributed by atoms with Gasteiger partial charge in [-0.25, -0.2) is 0 Å². The fourth-order valence-corrected chi connectivity index (χ4v) is 3.22. The lowest BCUT2D eigenvalue weighted by Gasteiger charge is -2.53. The first-order chi connectivity index (χ1) is 10.4. The maximum Gasteiger partial charge on any atom is 0.209 e. The number of piperazine rings is 1. The van der Waals surface area contributed by atoms with E-state index in [1.807, 2.05) is 44.8 Å². The van der Waals surface area contributed by atoms with E-state index >= 15 is 0 Å². The number of amides is 1. The molecule has 0 bridgehead atoms. The molecule has 0 atom stereocenters. The van der Waals surface area contributed by atoms with Crippen LogP contribution in [0.2, 0.25) is 0 Å². The van der Waals surface area contributed by atoms with Crippen molar-refractivity contribution in [3.05, 3.63) is 0 Å². The molecule has 0 radical (unpaired) electrons. The van der Waals surface area contributed by atoms with E-state index in [9.17, 15) is 4.79 Å². The number of carbonyl (C=O) groups excluding carboxylic acids is 1. The van der Waals surface area contributed by atoms with Crippen LogP contribution in [0.5, 0.6) is 0 Å².